The fraction of sp³-hybridized carbons (Fsp3) is 0.263. The van der Waals surface area contributed by atoms with Gasteiger partial charge >= 0.3 is 0 Å². The first-order valence-electron chi connectivity index (χ1n) is 7.97. The second-order valence-corrected chi connectivity index (χ2v) is 5.97. The molecule has 0 aliphatic rings. The van der Waals surface area contributed by atoms with E-state index in [2.05, 4.69) is 10.6 Å². The van der Waals surface area contributed by atoms with Crippen molar-refractivity contribution in [1.82, 2.24) is 10.6 Å². The summed E-state index contributed by atoms with van der Waals surface area (Å²) in [6.45, 7) is 0.837. The molecule has 0 bridgehead atoms. The smallest absolute Gasteiger partial charge is 0.229 e. The highest BCUT2D eigenvalue weighted by atomic mass is 35.5. The molecule has 2 rings (SSSR count). The number of hydrogen-bond acceptors (Lipinski definition) is 3. The Hall–Kier alpha value is -2.53. The highest BCUT2D eigenvalue weighted by molar-refractivity contribution is 6.30. The summed E-state index contributed by atoms with van der Waals surface area (Å²) >= 11 is 5.91. The van der Waals surface area contributed by atoms with E-state index >= 15 is 0 Å². The van der Waals surface area contributed by atoms with Crippen molar-refractivity contribution < 1.29 is 14.3 Å². The summed E-state index contributed by atoms with van der Waals surface area (Å²) in [5, 5.41) is 6.13. The number of nitrogens with one attached hydrogen (secondary N) is 2. The van der Waals surface area contributed by atoms with Gasteiger partial charge in [-0.05, 0) is 41.8 Å². The molecule has 2 aromatic rings. The minimum Gasteiger partial charge on any atom is -0.497 e. The van der Waals surface area contributed by atoms with E-state index in [4.69, 9.17) is 16.3 Å². The lowest BCUT2D eigenvalue weighted by Gasteiger charge is -2.08. The predicted molar refractivity (Wildman–Crippen MR) is 97.6 cm³/mol. The van der Waals surface area contributed by atoms with Crippen molar-refractivity contribution in [3.8, 4) is 5.75 Å². The van der Waals surface area contributed by atoms with Gasteiger partial charge in [0.2, 0.25) is 11.8 Å². The number of methoxy groups -OCH3 is 1. The summed E-state index contributed by atoms with van der Waals surface area (Å²) in [4.78, 5) is 23.6. The van der Waals surface area contributed by atoms with Crippen LogP contribution in [0.1, 0.15) is 17.5 Å². The molecule has 0 aliphatic heterocycles. The Morgan fingerprint density at radius 2 is 1.72 bits per heavy atom. The zero-order valence-corrected chi connectivity index (χ0v) is 14.8. The third kappa shape index (κ3) is 6.85. The van der Waals surface area contributed by atoms with E-state index in [1.54, 1.807) is 13.2 Å². The molecule has 0 saturated carbocycles. The molecule has 0 fully saturated rings. The molecular formula is C19H21ClN2O3. The molecule has 0 aliphatic carbocycles. The molecule has 5 nitrogen and oxygen atoms in total. The second-order valence-electron chi connectivity index (χ2n) is 5.53. The molecule has 6 heteroatoms. The minimum atomic E-state index is -0.309. The standard InChI is InChI=1S/C19H21ClN2O3/c1-25-17-7-5-15(6-8-17)13-22-19(24)12-18(23)21-10-9-14-3-2-4-16(20)11-14/h2-8,11H,9-10,12-13H2,1H3,(H,21,23)(H,22,24). The van der Waals surface area contributed by atoms with Gasteiger partial charge in [0.05, 0.1) is 7.11 Å². The van der Waals surface area contributed by atoms with Crippen molar-refractivity contribution in [2.75, 3.05) is 13.7 Å². The van der Waals surface area contributed by atoms with Gasteiger partial charge in [0.1, 0.15) is 12.2 Å². The summed E-state index contributed by atoms with van der Waals surface area (Å²) in [6.07, 6.45) is 0.478. The van der Waals surface area contributed by atoms with Crippen molar-refractivity contribution in [2.24, 2.45) is 0 Å². The van der Waals surface area contributed by atoms with Crippen LogP contribution >= 0.6 is 11.6 Å². The van der Waals surface area contributed by atoms with Crippen LogP contribution in [0, 0.1) is 0 Å². The Labute approximate surface area is 152 Å². The van der Waals surface area contributed by atoms with E-state index in [0.717, 1.165) is 16.9 Å². The van der Waals surface area contributed by atoms with Crippen molar-refractivity contribution >= 4 is 23.4 Å². The van der Waals surface area contributed by atoms with Gasteiger partial charge in [-0.2, -0.15) is 0 Å². The maximum absolute atomic E-state index is 11.8. The Bertz CT molecular complexity index is 717. The highest BCUT2D eigenvalue weighted by Crippen LogP contribution is 2.11. The Morgan fingerprint density at radius 3 is 2.40 bits per heavy atom. The second kappa shape index (κ2) is 9.69. The molecule has 0 radical (unpaired) electrons. The molecule has 0 aromatic heterocycles. The Kier molecular flexibility index (Phi) is 7.29. The zero-order valence-electron chi connectivity index (χ0n) is 14.0. The van der Waals surface area contributed by atoms with Crippen LogP contribution in [0.25, 0.3) is 0 Å². The number of halogens is 1. The number of rotatable bonds is 8. The predicted octanol–water partition coefficient (Wildman–Crippen LogP) is 2.71. The van der Waals surface area contributed by atoms with Crippen LogP contribution in [0.4, 0.5) is 0 Å². The third-order valence-corrected chi connectivity index (χ3v) is 3.83. The van der Waals surface area contributed by atoms with Gasteiger partial charge in [-0.1, -0.05) is 35.9 Å². The zero-order chi connectivity index (χ0) is 18.1. The van der Waals surface area contributed by atoms with Gasteiger partial charge in [0.15, 0.2) is 0 Å². The monoisotopic (exact) mass is 360 g/mol. The maximum Gasteiger partial charge on any atom is 0.229 e. The van der Waals surface area contributed by atoms with Crippen LogP contribution in [0.2, 0.25) is 5.02 Å². The number of carbonyl (C=O) groups excluding carboxylic acids is 2. The highest BCUT2D eigenvalue weighted by Gasteiger charge is 2.08. The molecule has 2 aromatic carbocycles. The topological polar surface area (TPSA) is 67.4 Å². The Morgan fingerprint density at radius 1 is 1.00 bits per heavy atom. The first kappa shape index (κ1) is 18.8. The van der Waals surface area contributed by atoms with Crippen molar-refractivity contribution in [1.29, 1.82) is 0 Å². The van der Waals surface area contributed by atoms with E-state index < -0.39 is 0 Å². The molecule has 2 amide bonds. The Balaban J connectivity index is 1.66. The molecule has 0 saturated heterocycles. The van der Waals surface area contributed by atoms with E-state index in [0.29, 0.717) is 24.5 Å². The van der Waals surface area contributed by atoms with Gasteiger partial charge in [0.25, 0.3) is 0 Å². The largest absolute Gasteiger partial charge is 0.497 e. The number of carbonyl (C=O) groups is 2. The fourth-order valence-corrected chi connectivity index (χ4v) is 2.47. The molecule has 0 atom stereocenters. The normalized spacial score (nSPS) is 10.2. The van der Waals surface area contributed by atoms with Crippen molar-refractivity contribution in [3.05, 3.63) is 64.7 Å². The number of hydrogen-bond donors (Lipinski definition) is 2. The summed E-state index contributed by atoms with van der Waals surface area (Å²) in [5.41, 5.74) is 1.98. The third-order valence-electron chi connectivity index (χ3n) is 3.59. The van der Waals surface area contributed by atoms with Crippen LogP contribution in [0.3, 0.4) is 0 Å². The SMILES string of the molecule is COc1ccc(CNC(=O)CC(=O)NCCc2cccc(Cl)c2)cc1. The lowest BCUT2D eigenvalue weighted by Crippen LogP contribution is -2.32. The minimum absolute atomic E-state index is 0.189. The summed E-state index contributed by atoms with van der Waals surface area (Å²) in [7, 11) is 1.60. The van der Waals surface area contributed by atoms with Crippen LogP contribution < -0.4 is 15.4 Å². The van der Waals surface area contributed by atoms with E-state index in [-0.39, 0.29) is 18.2 Å². The van der Waals surface area contributed by atoms with E-state index in [9.17, 15) is 9.59 Å². The van der Waals surface area contributed by atoms with Gasteiger partial charge in [-0.15, -0.1) is 0 Å². The first-order valence-corrected chi connectivity index (χ1v) is 8.35. The molecular weight excluding hydrogens is 340 g/mol. The van der Waals surface area contributed by atoms with Crippen LogP contribution in [-0.2, 0) is 22.6 Å². The van der Waals surface area contributed by atoms with Crippen LogP contribution in [0.15, 0.2) is 48.5 Å². The van der Waals surface area contributed by atoms with Crippen LogP contribution in [0.5, 0.6) is 5.75 Å². The lowest BCUT2D eigenvalue weighted by molar-refractivity contribution is -0.129. The summed E-state index contributed by atoms with van der Waals surface area (Å²) in [6, 6.07) is 14.8. The quantitative estimate of drug-likeness (QED) is 0.711. The van der Waals surface area contributed by atoms with E-state index in [1.165, 1.54) is 0 Å². The fourth-order valence-electron chi connectivity index (χ4n) is 2.25. The van der Waals surface area contributed by atoms with Crippen molar-refractivity contribution in [2.45, 2.75) is 19.4 Å². The van der Waals surface area contributed by atoms with Crippen molar-refractivity contribution in [3.63, 3.8) is 0 Å². The van der Waals surface area contributed by atoms with Gasteiger partial charge in [0, 0.05) is 18.1 Å². The van der Waals surface area contributed by atoms with Gasteiger partial charge in [-0.25, -0.2) is 0 Å². The first-order chi connectivity index (χ1) is 12.1. The molecule has 0 spiro atoms. The average Bonchev–Trinajstić information content (AvgIpc) is 2.60. The van der Waals surface area contributed by atoms with E-state index in [1.807, 2.05) is 42.5 Å². The molecule has 0 heterocycles. The summed E-state index contributed by atoms with van der Waals surface area (Å²) < 4.78 is 5.08. The lowest BCUT2D eigenvalue weighted by atomic mass is 10.1. The molecule has 2 N–H and O–H groups in total. The average molecular weight is 361 g/mol. The maximum atomic E-state index is 11.8. The van der Waals surface area contributed by atoms with Gasteiger partial charge in [-0.3, -0.25) is 9.59 Å². The molecule has 25 heavy (non-hydrogen) atoms. The number of benzene rings is 2. The number of ether oxygens (including phenoxy) is 1. The number of amides is 2. The summed E-state index contributed by atoms with van der Waals surface area (Å²) in [5.74, 6) is 0.152. The molecule has 0 unspecified atom stereocenters. The molecule has 132 valence electrons. The van der Waals surface area contributed by atoms with Gasteiger partial charge < -0.3 is 15.4 Å². The van der Waals surface area contributed by atoms with Crippen LogP contribution in [-0.4, -0.2) is 25.5 Å².